The summed E-state index contributed by atoms with van der Waals surface area (Å²) in [6.07, 6.45) is 7.22. The fraction of sp³-hybridized carbons (Fsp3) is 0.737. The van der Waals surface area contributed by atoms with Crippen LogP contribution in [0.1, 0.15) is 106 Å². The largest absolute Gasteiger partial charge is 0.451 e. The highest BCUT2D eigenvalue weighted by molar-refractivity contribution is 5.92. The Morgan fingerprint density at radius 1 is 1.02 bits per heavy atom. The molecule has 3 N–H and O–H groups in total. The van der Waals surface area contributed by atoms with Crippen molar-refractivity contribution in [2.24, 2.45) is 11.8 Å². The Bertz CT molecular complexity index is 1390. The van der Waals surface area contributed by atoms with Crippen molar-refractivity contribution < 1.29 is 53.1 Å². The average Bonchev–Trinajstić information content (AvgIpc) is 3.79. The predicted octanol–water partition coefficient (Wildman–Crippen LogP) is 3.91. The van der Waals surface area contributed by atoms with Gasteiger partial charge in [0.1, 0.15) is 29.7 Å². The highest BCUT2D eigenvalue weighted by Crippen LogP contribution is 2.52. The number of carbonyl (C=O) groups excluding carboxylic acids is 4. The van der Waals surface area contributed by atoms with E-state index in [1.54, 1.807) is 25.2 Å². The van der Waals surface area contributed by atoms with Gasteiger partial charge >= 0.3 is 5.97 Å². The van der Waals surface area contributed by atoms with Gasteiger partial charge < -0.3 is 39.2 Å². The van der Waals surface area contributed by atoms with Crippen LogP contribution in [-0.2, 0) is 42.9 Å². The molecule has 5 bridgehead atoms. The van der Waals surface area contributed by atoms with Crippen molar-refractivity contribution in [2.45, 2.75) is 165 Å². The minimum atomic E-state index is -1.85. The molecule has 0 aromatic heterocycles. The summed E-state index contributed by atoms with van der Waals surface area (Å²) in [6.45, 7) is 10.6. The number of nitrogens with one attached hydrogen (secondary N) is 1. The van der Waals surface area contributed by atoms with Gasteiger partial charge in [-0.15, -0.1) is 0 Å². The fourth-order valence-electron chi connectivity index (χ4n) is 7.79. The van der Waals surface area contributed by atoms with Crippen LogP contribution in [0.5, 0.6) is 0 Å². The van der Waals surface area contributed by atoms with E-state index in [0.717, 1.165) is 12.5 Å². The quantitative estimate of drug-likeness (QED) is 0.209. The van der Waals surface area contributed by atoms with Gasteiger partial charge in [0.2, 0.25) is 5.91 Å². The summed E-state index contributed by atoms with van der Waals surface area (Å²) < 4.78 is 31.4. The number of aliphatic hydroxyl groups is 2. The smallest absolute Gasteiger partial charge is 0.331 e. The second-order valence-electron chi connectivity index (χ2n) is 15.3. The molecular formula is C38H55NO11. The molecule has 7 aliphatic heterocycles. The molecule has 0 saturated carbocycles. The van der Waals surface area contributed by atoms with E-state index in [0.29, 0.717) is 38.5 Å². The minimum absolute atomic E-state index is 0.0206. The Morgan fingerprint density at radius 3 is 2.52 bits per heavy atom. The molecule has 0 radical (unpaired) electrons. The van der Waals surface area contributed by atoms with Crippen LogP contribution in [0.3, 0.4) is 0 Å². The lowest BCUT2D eigenvalue weighted by Crippen LogP contribution is -2.60. The number of esters is 1. The normalized spacial score (nSPS) is 44.0. The Morgan fingerprint density at radius 2 is 1.78 bits per heavy atom. The molecule has 7 aliphatic rings. The van der Waals surface area contributed by atoms with E-state index in [-0.39, 0.29) is 60.8 Å². The topological polar surface area (TPSA) is 170 Å². The van der Waals surface area contributed by atoms with Gasteiger partial charge in [0.05, 0.1) is 23.9 Å². The molecule has 0 aromatic rings. The van der Waals surface area contributed by atoms with Crippen LogP contribution in [0.4, 0.5) is 0 Å². The first-order valence-corrected chi connectivity index (χ1v) is 18.2. The lowest BCUT2D eigenvalue weighted by Gasteiger charge is -2.53. The molecule has 1 spiro atoms. The van der Waals surface area contributed by atoms with Crippen molar-refractivity contribution in [3.63, 3.8) is 0 Å². The number of ether oxygens (including phenoxy) is 5. The van der Waals surface area contributed by atoms with E-state index in [1.165, 1.54) is 20.0 Å². The predicted molar refractivity (Wildman–Crippen MR) is 181 cm³/mol. The molecule has 4 saturated heterocycles. The van der Waals surface area contributed by atoms with E-state index in [4.69, 9.17) is 23.7 Å². The molecule has 12 heteroatoms. The van der Waals surface area contributed by atoms with Gasteiger partial charge in [-0.25, -0.2) is 4.79 Å². The summed E-state index contributed by atoms with van der Waals surface area (Å²) in [5.41, 5.74) is -2.31. The maximum absolute atomic E-state index is 13.5. The third kappa shape index (κ3) is 8.48. The Hall–Kier alpha value is -2.74. The van der Waals surface area contributed by atoms with E-state index < -0.39 is 59.1 Å². The number of allylic oxidation sites excluding steroid dienone is 2. The summed E-state index contributed by atoms with van der Waals surface area (Å²) in [5.74, 6) is -2.95. The van der Waals surface area contributed by atoms with E-state index in [9.17, 15) is 29.4 Å². The number of carbonyl (C=O) groups is 4. The van der Waals surface area contributed by atoms with Gasteiger partial charge in [-0.3, -0.25) is 14.4 Å². The Kier molecular flexibility index (Phi) is 11.9. The first kappa shape index (κ1) is 38.5. The first-order valence-electron chi connectivity index (χ1n) is 18.2. The van der Waals surface area contributed by atoms with Crippen LogP contribution in [0.15, 0.2) is 36.1 Å². The lowest BCUT2D eigenvalue weighted by molar-refractivity contribution is -0.344. The summed E-state index contributed by atoms with van der Waals surface area (Å²) in [4.78, 5) is 51.8. The number of hydrogen-bond donors (Lipinski definition) is 3. The highest BCUT2D eigenvalue weighted by atomic mass is 16.7. The van der Waals surface area contributed by atoms with Gasteiger partial charge in [-0.1, -0.05) is 32.9 Å². The molecule has 7 heterocycles. The van der Waals surface area contributed by atoms with Crippen LogP contribution >= 0.6 is 0 Å². The summed E-state index contributed by atoms with van der Waals surface area (Å²) in [5, 5.41) is 25.3. The first-order chi connectivity index (χ1) is 23.6. The van der Waals surface area contributed by atoms with Crippen molar-refractivity contribution in [3.8, 4) is 0 Å². The number of Topliss-reactive ketones (excluding diaryl/α,β-unsaturated/α-hetero) is 2. The van der Waals surface area contributed by atoms with Crippen LogP contribution in [0.25, 0.3) is 0 Å². The summed E-state index contributed by atoms with van der Waals surface area (Å²) in [6, 6.07) is 0. The molecule has 4 unspecified atom stereocenters. The molecule has 7 rings (SSSR count). The zero-order valence-electron chi connectivity index (χ0n) is 30.2. The standard InChI is InChI=1S/C38H55NO11/c1-7-11-31(42)39-17-10-8-9-12-28-27(41)18-22(2)26(40)21-25-19-24(4)38(48-25)16-15-36(5)30(50-38)14-13-29(49-36)33-34(47-33)35(44)37(6,45)23(3)20-32(43)46-28/h8-10,17,20,22,24-25,28-30,33-35,44-45H,7,11-16,18-19,21H2,1-6H3,(H,39,42)/b9-8+,17-10-,23-20+/t22-,24-,25?,28+,29-,30+,33?,34?,35+,36-,37+,38?/m0/s1. The number of epoxide rings is 1. The Balaban J connectivity index is 1.36. The summed E-state index contributed by atoms with van der Waals surface area (Å²) >= 11 is 0. The number of hydrogen-bond acceptors (Lipinski definition) is 11. The molecule has 4 fully saturated rings. The molecule has 0 aromatic carbocycles. The fourth-order valence-corrected chi connectivity index (χ4v) is 7.79. The SMILES string of the molecule is CCCC(=O)N/C=C\C=C\C[C@H]1OC(=O)/C=C(\C)[C@@](C)(O)[C@H](O)C2OC2[C@@H]2CC[C@H]3OC4(CC[C@]3(C)O2)OC(CC(=O)[C@@H](C)CC1=O)C[C@@H]4C. The number of fused-ring (bicyclic) bond motifs is 2. The van der Waals surface area contributed by atoms with E-state index in [1.807, 2.05) is 13.8 Å². The third-order valence-electron chi connectivity index (χ3n) is 11.3. The van der Waals surface area contributed by atoms with Gasteiger partial charge in [0, 0.05) is 56.2 Å². The van der Waals surface area contributed by atoms with E-state index >= 15 is 0 Å². The van der Waals surface area contributed by atoms with Crippen LogP contribution < -0.4 is 5.32 Å². The van der Waals surface area contributed by atoms with Crippen LogP contribution in [0, 0.1) is 11.8 Å². The molecule has 50 heavy (non-hydrogen) atoms. The van der Waals surface area contributed by atoms with Gasteiger partial charge in [0.15, 0.2) is 17.7 Å². The minimum Gasteiger partial charge on any atom is -0.451 e. The molecule has 1 amide bonds. The molecular weight excluding hydrogens is 646 g/mol. The van der Waals surface area contributed by atoms with Crippen molar-refractivity contribution >= 4 is 23.4 Å². The monoisotopic (exact) mass is 701 g/mol. The maximum atomic E-state index is 13.5. The molecule has 0 aliphatic carbocycles. The molecule has 278 valence electrons. The number of aliphatic hydroxyl groups excluding tert-OH is 1. The highest BCUT2D eigenvalue weighted by Gasteiger charge is 2.61. The third-order valence-corrected chi connectivity index (χ3v) is 11.3. The maximum Gasteiger partial charge on any atom is 0.331 e. The second-order valence-corrected chi connectivity index (χ2v) is 15.3. The van der Waals surface area contributed by atoms with E-state index in [2.05, 4.69) is 12.2 Å². The molecule has 12 atom stereocenters. The lowest BCUT2D eigenvalue weighted by atomic mass is 9.78. The van der Waals surface area contributed by atoms with Crippen LogP contribution in [-0.4, -0.2) is 93.4 Å². The molecule has 12 nitrogen and oxygen atoms in total. The van der Waals surface area contributed by atoms with Gasteiger partial charge in [-0.05, 0) is 64.5 Å². The Labute approximate surface area is 294 Å². The number of ketones is 2. The summed E-state index contributed by atoms with van der Waals surface area (Å²) in [7, 11) is 0. The average molecular weight is 702 g/mol. The van der Waals surface area contributed by atoms with Crippen molar-refractivity contribution in [1.82, 2.24) is 5.32 Å². The zero-order valence-corrected chi connectivity index (χ0v) is 30.2. The van der Waals surface area contributed by atoms with Gasteiger partial charge in [0.25, 0.3) is 0 Å². The van der Waals surface area contributed by atoms with Crippen molar-refractivity contribution in [3.05, 3.63) is 36.1 Å². The van der Waals surface area contributed by atoms with Crippen LogP contribution in [0.2, 0.25) is 0 Å². The van der Waals surface area contributed by atoms with Gasteiger partial charge in [-0.2, -0.15) is 0 Å². The van der Waals surface area contributed by atoms with Crippen molar-refractivity contribution in [1.29, 1.82) is 0 Å². The van der Waals surface area contributed by atoms with Crippen molar-refractivity contribution in [2.75, 3.05) is 0 Å². The number of rotatable bonds is 6. The second kappa shape index (κ2) is 15.5. The zero-order chi connectivity index (χ0) is 36.4. The number of amides is 1.